The molecule has 3 aromatic carbocycles. The van der Waals surface area contributed by atoms with Gasteiger partial charge in [0.2, 0.25) is 0 Å². The van der Waals surface area contributed by atoms with Gasteiger partial charge in [-0.1, -0.05) is 26.3 Å². The van der Waals surface area contributed by atoms with E-state index >= 15 is 0 Å². The lowest BCUT2D eigenvalue weighted by atomic mass is 9.99. The summed E-state index contributed by atoms with van der Waals surface area (Å²) >= 11 is 0. The standard InChI is InChI=1S/C38H42O12/c1-23(2)35(39)47-17-13-43-27-9-11-29-31(21-27)32-22-28(44-14-18-48-36(40)24(3)4)10-12-30(32)34(46-16-20-50-38(42)26(7)8)33(29)45-15-19-49-37(41)25(5)6/h9-12,21-22H,1,3,5,7,13-20H2,2,4,6,8H3. The quantitative estimate of drug-likeness (QED) is 0.0452. The second-order valence-electron chi connectivity index (χ2n) is 11.1. The molecule has 3 rings (SSSR count). The molecular weight excluding hydrogens is 648 g/mol. The Balaban J connectivity index is 2.03. The maximum absolute atomic E-state index is 12.0. The van der Waals surface area contributed by atoms with Crippen molar-refractivity contribution in [2.45, 2.75) is 27.7 Å². The van der Waals surface area contributed by atoms with Crippen molar-refractivity contribution in [1.29, 1.82) is 0 Å². The summed E-state index contributed by atoms with van der Waals surface area (Å²) < 4.78 is 44.9. The van der Waals surface area contributed by atoms with Gasteiger partial charge in [0.25, 0.3) is 0 Å². The molecule has 0 saturated carbocycles. The third kappa shape index (κ3) is 11.1. The number of hydrogen-bond acceptors (Lipinski definition) is 12. The molecule has 0 amide bonds. The lowest BCUT2D eigenvalue weighted by Crippen LogP contribution is -2.15. The highest BCUT2D eigenvalue weighted by atomic mass is 16.6. The molecular formula is C38H42O12. The Morgan fingerprint density at radius 3 is 0.980 bits per heavy atom. The van der Waals surface area contributed by atoms with Crippen LogP contribution >= 0.6 is 0 Å². The largest absolute Gasteiger partial charge is 0.490 e. The van der Waals surface area contributed by atoms with Gasteiger partial charge in [0.05, 0.1) is 0 Å². The van der Waals surface area contributed by atoms with Crippen LogP contribution in [0, 0.1) is 0 Å². The zero-order chi connectivity index (χ0) is 36.8. The SMILES string of the molecule is C=C(C)C(=O)OCCOc1ccc2c(OCCOC(=O)C(=C)C)c(OCCOC(=O)C(=C)C)c3ccc(OCCOC(=O)C(=C)C)cc3c2c1. The van der Waals surface area contributed by atoms with Crippen LogP contribution in [0.25, 0.3) is 21.5 Å². The fraction of sp³-hybridized carbons (Fsp3) is 0.316. The van der Waals surface area contributed by atoms with Crippen LogP contribution in [0.5, 0.6) is 23.0 Å². The van der Waals surface area contributed by atoms with E-state index in [1.54, 1.807) is 64.1 Å². The summed E-state index contributed by atoms with van der Waals surface area (Å²) in [7, 11) is 0. The second-order valence-corrected chi connectivity index (χ2v) is 11.1. The lowest BCUT2D eigenvalue weighted by molar-refractivity contribution is -0.140. The number of hydrogen-bond donors (Lipinski definition) is 0. The van der Waals surface area contributed by atoms with Crippen LogP contribution in [0.2, 0.25) is 0 Å². The van der Waals surface area contributed by atoms with E-state index < -0.39 is 23.9 Å². The van der Waals surface area contributed by atoms with Crippen molar-refractivity contribution in [2.75, 3.05) is 52.9 Å². The van der Waals surface area contributed by atoms with E-state index in [2.05, 4.69) is 26.3 Å². The molecule has 50 heavy (non-hydrogen) atoms. The first-order valence-electron chi connectivity index (χ1n) is 15.6. The van der Waals surface area contributed by atoms with Crippen molar-refractivity contribution in [3.05, 3.63) is 85.0 Å². The van der Waals surface area contributed by atoms with Crippen LogP contribution in [-0.2, 0) is 38.1 Å². The van der Waals surface area contributed by atoms with Crippen LogP contribution in [0.1, 0.15) is 27.7 Å². The van der Waals surface area contributed by atoms with Crippen molar-refractivity contribution in [2.24, 2.45) is 0 Å². The van der Waals surface area contributed by atoms with Gasteiger partial charge in [-0.15, -0.1) is 0 Å². The van der Waals surface area contributed by atoms with E-state index in [1.807, 2.05) is 0 Å². The molecule has 0 fully saturated rings. The van der Waals surface area contributed by atoms with Gasteiger partial charge in [-0.05, 0) is 74.9 Å². The van der Waals surface area contributed by atoms with Crippen molar-refractivity contribution in [1.82, 2.24) is 0 Å². The summed E-state index contributed by atoms with van der Waals surface area (Å²) in [6.07, 6.45) is 0. The van der Waals surface area contributed by atoms with Gasteiger partial charge in [-0.2, -0.15) is 0 Å². The monoisotopic (exact) mass is 690 g/mol. The van der Waals surface area contributed by atoms with Crippen molar-refractivity contribution in [3.8, 4) is 23.0 Å². The Hall–Kier alpha value is -5.78. The maximum atomic E-state index is 12.0. The smallest absolute Gasteiger partial charge is 0.333 e. The van der Waals surface area contributed by atoms with Gasteiger partial charge < -0.3 is 37.9 Å². The maximum Gasteiger partial charge on any atom is 0.333 e. The third-order valence-corrected chi connectivity index (χ3v) is 6.66. The van der Waals surface area contributed by atoms with E-state index in [4.69, 9.17) is 37.9 Å². The van der Waals surface area contributed by atoms with E-state index in [0.717, 1.165) is 0 Å². The summed E-state index contributed by atoms with van der Waals surface area (Å²) in [4.78, 5) is 47.4. The summed E-state index contributed by atoms with van der Waals surface area (Å²) in [5.74, 6) is -0.499. The first-order valence-corrected chi connectivity index (χ1v) is 15.6. The van der Waals surface area contributed by atoms with Gasteiger partial charge >= 0.3 is 23.9 Å². The fourth-order valence-electron chi connectivity index (χ4n) is 4.24. The summed E-state index contributed by atoms with van der Waals surface area (Å²) in [6.45, 7) is 20.6. The number of ether oxygens (including phenoxy) is 8. The van der Waals surface area contributed by atoms with Crippen molar-refractivity contribution in [3.63, 3.8) is 0 Å². The van der Waals surface area contributed by atoms with E-state index in [1.165, 1.54) is 0 Å². The molecule has 0 heterocycles. The molecule has 0 aromatic heterocycles. The lowest BCUT2D eigenvalue weighted by Gasteiger charge is -2.20. The average molecular weight is 691 g/mol. The predicted octanol–water partition coefficient (Wildman–Crippen LogP) is 5.99. The van der Waals surface area contributed by atoms with Crippen molar-refractivity contribution >= 4 is 45.4 Å². The average Bonchev–Trinajstić information content (AvgIpc) is 3.08. The van der Waals surface area contributed by atoms with Crippen LogP contribution in [0.4, 0.5) is 0 Å². The minimum Gasteiger partial charge on any atom is -0.490 e. The molecule has 0 aliphatic carbocycles. The van der Waals surface area contributed by atoms with Crippen molar-refractivity contribution < 1.29 is 57.1 Å². The Labute approximate surface area is 290 Å². The highest BCUT2D eigenvalue weighted by molar-refractivity contribution is 6.14. The molecule has 0 unspecified atom stereocenters. The Morgan fingerprint density at radius 2 is 0.700 bits per heavy atom. The molecule has 0 bridgehead atoms. The second kappa shape index (κ2) is 18.7. The van der Waals surface area contributed by atoms with E-state index in [0.29, 0.717) is 44.5 Å². The van der Waals surface area contributed by atoms with Gasteiger partial charge in [-0.3, -0.25) is 0 Å². The molecule has 0 N–H and O–H groups in total. The summed E-state index contributed by atoms with van der Waals surface area (Å²) in [6, 6.07) is 10.6. The zero-order valence-electron chi connectivity index (χ0n) is 28.8. The van der Waals surface area contributed by atoms with E-state index in [-0.39, 0.29) is 75.1 Å². The highest BCUT2D eigenvalue weighted by Crippen LogP contribution is 2.45. The van der Waals surface area contributed by atoms with Gasteiger partial charge in [-0.25, -0.2) is 19.2 Å². The number of rotatable bonds is 20. The number of fused-ring (bicyclic) bond motifs is 3. The zero-order valence-corrected chi connectivity index (χ0v) is 28.8. The number of carbonyl (C=O) groups is 4. The molecule has 12 heteroatoms. The third-order valence-electron chi connectivity index (χ3n) is 6.66. The van der Waals surface area contributed by atoms with Crippen LogP contribution in [-0.4, -0.2) is 76.7 Å². The fourth-order valence-corrected chi connectivity index (χ4v) is 4.24. The molecule has 0 aliphatic heterocycles. The molecule has 0 radical (unpaired) electrons. The molecule has 0 spiro atoms. The molecule has 0 saturated heterocycles. The molecule has 0 atom stereocenters. The number of carbonyl (C=O) groups excluding carboxylic acids is 4. The van der Waals surface area contributed by atoms with Gasteiger partial charge in [0, 0.05) is 33.1 Å². The summed E-state index contributed by atoms with van der Waals surface area (Å²) in [5.41, 5.74) is 1.07. The molecule has 3 aromatic rings. The normalized spacial score (nSPS) is 10.5. The predicted molar refractivity (Wildman–Crippen MR) is 187 cm³/mol. The topological polar surface area (TPSA) is 142 Å². The van der Waals surface area contributed by atoms with Gasteiger partial charge in [0.1, 0.15) is 64.4 Å². The first-order chi connectivity index (χ1) is 23.8. The molecule has 0 aliphatic rings. The Kier molecular flexibility index (Phi) is 14.4. The van der Waals surface area contributed by atoms with Gasteiger partial charge in [0.15, 0.2) is 11.5 Å². The molecule has 12 nitrogen and oxygen atoms in total. The Bertz CT molecular complexity index is 1670. The van der Waals surface area contributed by atoms with Crippen LogP contribution < -0.4 is 18.9 Å². The number of esters is 4. The van der Waals surface area contributed by atoms with Crippen LogP contribution in [0.3, 0.4) is 0 Å². The highest BCUT2D eigenvalue weighted by Gasteiger charge is 2.20. The van der Waals surface area contributed by atoms with E-state index in [9.17, 15) is 19.2 Å². The molecule has 266 valence electrons. The Morgan fingerprint density at radius 1 is 0.420 bits per heavy atom. The minimum atomic E-state index is -0.551. The van der Waals surface area contributed by atoms with Crippen LogP contribution in [0.15, 0.2) is 85.0 Å². The first kappa shape index (κ1) is 38.7. The summed E-state index contributed by atoms with van der Waals surface area (Å²) in [5, 5.41) is 2.61. The minimum absolute atomic E-state index is 0.0123. The number of benzene rings is 3.